The van der Waals surface area contributed by atoms with Crippen LogP contribution in [0.2, 0.25) is 0 Å². The van der Waals surface area contributed by atoms with Gasteiger partial charge in [-0.25, -0.2) is 0 Å². The molecule has 2 aromatic carbocycles. The van der Waals surface area contributed by atoms with E-state index in [1.54, 1.807) is 0 Å². The predicted octanol–water partition coefficient (Wildman–Crippen LogP) is 4.88. The molecule has 0 bridgehead atoms. The standard InChI is InChI=1S/C20H26O/c1-14-6-9-17(12-15(14)2)19(21)13-16-7-10-18(11-8-16)20(3,4)5/h6-12,19,21H,13H2,1-5H3. The average Bonchev–Trinajstić information content (AvgIpc) is 2.41. The van der Waals surface area contributed by atoms with Crippen LogP contribution in [0.5, 0.6) is 0 Å². The Kier molecular flexibility index (Phi) is 4.53. The maximum atomic E-state index is 10.4. The van der Waals surface area contributed by atoms with E-state index in [1.807, 2.05) is 6.07 Å². The summed E-state index contributed by atoms with van der Waals surface area (Å²) in [5, 5.41) is 10.4. The number of hydrogen-bond acceptors (Lipinski definition) is 1. The lowest BCUT2D eigenvalue weighted by molar-refractivity contribution is 0.178. The van der Waals surface area contributed by atoms with Crippen LogP contribution in [0.25, 0.3) is 0 Å². The predicted molar refractivity (Wildman–Crippen MR) is 89.7 cm³/mol. The third kappa shape index (κ3) is 3.95. The first kappa shape index (κ1) is 15.8. The van der Waals surface area contributed by atoms with Gasteiger partial charge in [0.05, 0.1) is 6.10 Å². The Labute approximate surface area is 128 Å². The molecule has 0 radical (unpaired) electrons. The van der Waals surface area contributed by atoms with Gasteiger partial charge in [-0.05, 0) is 47.1 Å². The molecule has 0 amide bonds. The van der Waals surface area contributed by atoms with Gasteiger partial charge in [-0.15, -0.1) is 0 Å². The summed E-state index contributed by atoms with van der Waals surface area (Å²) in [6.07, 6.45) is 0.220. The molecule has 2 rings (SSSR count). The van der Waals surface area contributed by atoms with Crippen LogP contribution in [0, 0.1) is 13.8 Å². The number of aryl methyl sites for hydroxylation is 2. The fraction of sp³-hybridized carbons (Fsp3) is 0.400. The molecule has 0 heterocycles. The lowest BCUT2D eigenvalue weighted by atomic mass is 9.86. The monoisotopic (exact) mass is 282 g/mol. The summed E-state index contributed by atoms with van der Waals surface area (Å²) in [6, 6.07) is 14.8. The Bertz CT molecular complexity index is 603. The van der Waals surface area contributed by atoms with Crippen molar-refractivity contribution >= 4 is 0 Å². The fourth-order valence-electron chi connectivity index (χ4n) is 2.45. The first-order valence-corrected chi connectivity index (χ1v) is 7.62. The zero-order valence-electron chi connectivity index (χ0n) is 13.8. The van der Waals surface area contributed by atoms with Crippen molar-refractivity contribution in [2.45, 2.75) is 52.6 Å². The number of rotatable bonds is 3. The van der Waals surface area contributed by atoms with Gasteiger partial charge in [-0.1, -0.05) is 63.2 Å². The van der Waals surface area contributed by atoms with E-state index in [4.69, 9.17) is 0 Å². The summed E-state index contributed by atoms with van der Waals surface area (Å²) < 4.78 is 0. The van der Waals surface area contributed by atoms with Crippen LogP contribution in [0.1, 0.15) is 54.7 Å². The molecule has 0 saturated carbocycles. The lowest BCUT2D eigenvalue weighted by Crippen LogP contribution is -2.11. The molecule has 1 N–H and O–H groups in total. The Morgan fingerprint density at radius 3 is 2.05 bits per heavy atom. The van der Waals surface area contributed by atoms with E-state index in [0.29, 0.717) is 6.42 Å². The van der Waals surface area contributed by atoms with Crippen LogP contribution in [0.15, 0.2) is 42.5 Å². The van der Waals surface area contributed by atoms with Gasteiger partial charge in [0, 0.05) is 6.42 Å². The number of aliphatic hydroxyl groups excluding tert-OH is 1. The van der Waals surface area contributed by atoms with Crippen molar-refractivity contribution in [3.8, 4) is 0 Å². The van der Waals surface area contributed by atoms with Crippen LogP contribution in [-0.2, 0) is 11.8 Å². The van der Waals surface area contributed by atoms with E-state index in [-0.39, 0.29) is 5.41 Å². The van der Waals surface area contributed by atoms with Crippen LogP contribution in [0.4, 0.5) is 0 Å². The second kappa shape index (κ2) is 6.03. The first-order chi connectivity index (χ1) is 9.77. The Balaban J connectivity index is 2.12. The smallest absolute Gasteiger partial charge is 0.0830 e. The minimum absolute atomic E-state index is 0.172. The maximum absolute atomic E-state index is 10.4. The third-order valence-electron chi connectivity index (χ3n) is 4.16. The van der Waals surface area contributed by atoms with Crippen molar-refractivity contribution in [2.24, 2.45) is 0 Å². The molecule has 1 heteroatoms. The molecule has 1 unspecified atom stereocenters. The first-order valence-electron chi connectivity index (χ1n) is 7.62. The van der Waals surface area contributed by atoms with E-state index in [2.05, 4.69) is 71.0 Å². The van der Waals surface area contributed by atoms with Gasteiger partial charge in [0.25, 0.3) is 0 Å². The highest BCUT2D eigenvalue weighted by Crippen LogP contribution is 2.25. The molecule has 0 aliphatic carbocycles. The summed E-state index contributed by atoms with van der Waals surface area (Å²) in [4.78, 5) is 0. The van der Waals surface area contributed by atoms with Crippen molar-refractivity contribution < 1.29 is 5.11 Å². The summed E-state index contributed by atoms with van der Waals surface area (Å²) in [7, 11) is 0. The molecule has 0 aliphatic heterocycles. The van der Waals surface area contributed by atoms with Gasteiger partial charge in [0.2, 0.25) is 0 Å². The van der Waals surface area contributed by atoms with Gasteiger partial charge in [-0.3, -0.25) is 0 Å². The van der Waals surface area contributed by atoms with Gasteiger partial charge in [-0.2, -0.15) is 0 Å². The largest absolute Gasteiger partial charge is 0.388 e. The minimum Gasteiger partial charge on any atom is -0.388 e. The fourth-order valence-corrected chi connectivity index (χ4v) is 2.45. The third-order valence-corrected chi connectivity index (χ3v) is 4.16. The Morgan fingerprint density at radius 1 is 0.905 bits per heavy atom. The van der Waals surface area contributed by atoms with Gasteiger partial charge in [0.1, 0.15) is 0 Å². The summed E-state index contributed by atoms with van der Waals surface area (Å²) in [5.74, 6) is 0. The molecule has 112 valence electrons. The topological polar surface area (TPSA) is 20.2 Å². The van der Waals surface area contributed by atoms with E-state index in [0.717, 1.165) is 5.56 Å². The second-order valence-electron chi connectivity index (χ2n) is 7.01. The van der Waals surface area contributed by atoms with Crippen molar-refractivity contribution in [2.75, 3.05) is 0 Å². The number of hydrogen-bond donors (Lipinski definition) is 1. The van der Waals surface area contributed by atoms with Crippen LogP contribution in [0.3, 0.4) is 0 Å². The van der Waals surface area contributed by atoms with Crippen molar-refractivity contribution in [1.82, 2.24) is 0 Å². The minimum atomic E-state index is -0.440. The van der Waals surface area contributed by atoms with Crippen LogP contribution >= 0.6 is 0 Å². The molecule has 1 nitrogen and oxygen atoms in total. The van der Waals surface area contributed by atoms with Crippen molar-refractivity contribution in [1.29, 1.82) is 0 Å². The normalized spacial score (nSPS) is 13.2. The Hall–Kier alpha value is -1.60. The highest BCUT2D eigenvalue weighted by Gasteiger charge is 2.14. The molecular formula is C20H26O. The zero-order chi connectivity index (χ0) is 15.6. The zero-order valence-corrected chi connectivity index (χ0v) is 13.8. The molecule has 0 aliphatic rings. The SMILES string of the molecule is Cc1ccc(C(O)Cc2ccc(C(C)(C)C)cc2)cc1C. The highest BCUT2D eigenvalue weighted by molar-refractivity contribution is 5.33. The van der Waals surface area contributed by atoms with E-state index in [1.165, 1.54) is 22.3 Å². The summed E-state index contributed by atoms with van der Waals surface area (Å²) in [5.41, 5.74) is 6.17. The highest BCUT2D eigenvalue weighted by atomic mass is 16.3. The van der Waals surface area contributed by atoms with Crippen LogP contribution < -0.4 is 0 Å². The molecule has 0 spiro atoms. The molecule has 0 aromatic heterocycles. The van der Waals surface area contributed by atoms with Crippen LogP contribution in [-0.4, -0.2) is 5.11 Å². The second-order valence-corrected chi connectivity index (χ2v) is 7.01. The van der Waals surface area contributed by atoms with E-state index >= 15 is 0 Å². The lowest BCUT2D eigenvalue weighted by Gasteiger charge is -2.19. The van der Waals surface area contributed by atoms with Crippen molar-refractivity contribution in [3.05, 3.63) is 70.3 Å². The number of benzene rings is 2. The molecule has 2 aromatic rings. The maximum Gasteiger partial charge on any atom is 0.0830 e. The van der Waals surface area contributed by atoms with Gasteiger partial charge in [0.15, 0.2) is 0 Å². The average molecular weight is 282 g/mol. The molecule has 0 saturated heterocycles. The molecule has 21 heavy (non-hydrogen) atoms. The van der Waals surface area contributed by atoms with E-state index in [9.17, 15) is 5.11 Å². The Morgan fingerprint density at radius 2 is 1.52 bits per heavy atom. The van der Waals surface area contributed by atoms with E-state index < -0.39 is 6.10 Å². The molecule has 1 atom stereocenters. The summed E-state index contributed by atoms with van der Waals surface area (Å²) in [6.45, 7) is 10.8. The summed E-state index contributed by atoms with van der Waals surface area (Å²) >= 11 is 0. The molecular weight excluding hydrogens is 256 g/mol. The van der Waals surface area contributed by atoms with Crippen molar-refractivity contribution in [3.63, 3.8) is 0 Å². The van der Waals surface area contributed by atoms with Gasteiger partial charge >= 0.3 is 0 Å². The van der Waals surface area contributed by atoms with Gasteiger partial charge < -0.3 is 5.11 Å². The number of aliphatic hydroxyl groups is 1. The molecule has 0 fully saturated rings. The quantitative estimate of drug-likeness (QED) is 0.851.